The number of carbonyl (C=O) groups is 1. The molecular weight excluding hydrogens is 281 g/mol. The van der Waals surface area contributed by atoms with Crippen molar-refractivity contribution in [2.45, 2.75) is 19.6 Å². The lowest BCUT2D eigenvalue weighted by Gasteiger charge is -2.04. The predicted molar refractivity (Wildman–Crippen MR) is 67.3 cm³/mol. The number of carbonyl (C=O) groups excluding carboxylic acids is 1. The summed E-state index contributed by atoms with van der Waals surface area (Å²) in [6.07, 6.45) is -0.920. The molecule has 0 saturated heterocycles. The van der Waals surface area contributed by atoms with E-state index in [0.29, 0.717) is 5.56 Å². The fraction of sp³-hybridized carbons (Fsp3) is 0.231. The molecule has 1 atom stereocenters. The van der Waals surface area contributed by atoms with Crippen LogP contribution < -0.4 is 5.76 Å². The van der Waals surface area contributed by atoms with Gasteiger partial charge >= 0.3 is 11.7 Å². The second-order valence-corrected chi connectivity index (χ2v) is 4.10. The Kier molecular flexibility index (Phi) is 4.13. The number of halogens is 1. The summed E-state index contributed by atoms with van der Waals surface area (Å²) in [6, 6.07) is 6.89. The zero-order valence-electron chi connectivity index (χ0n) is 10.9. The summed E-state index contributed by atoms with van der Waals surface area (Å²) >= 11 is 0. The van der Waals surface area contributed by atoms with Crippen LogP contribution in [0.1, 0.15) is 6.92 Å². The summed E-state index contributed by atoms with van der Waals surface area (Å²) in [4.78, 5) is 23.0. The van der Waals surface area contributed by atoms with Crippen LogP contribution in [0.2, 0.25) is 0 Å². The van der Waals surface area contributed by atoms with Crippen LogP contribution in [-0.4, -0.2) is 21.9 Å². The molecule has 21 heavy (non-hydrogen) atoms. The smallest absolute Gasteiger partial charge is 0.437 e. The molecule has 1 heterocycles. The molecule has 0 saturated carbocycles. The van der Waals surface area contributed by atoms with E-state index in [1.165, 1.54) is 31.2 Å². The fourth-order valence-electron chi connectivity index (χ4n) is 1.50. The minimum Gasteiger partial charge on any atom is -0.446 e. The maximum Gasteiger partial charge on any atom is 0.437 e. The first kappa shape index (κ1) is 14.5. The first-order valence-corrected chi connectivity index (χ1v) is 5.92. The average molecular weight is 291 g/mol. The number of hydrogen-bond donors (Lipinski definition) is 0. The van der Waals surface area contributed by atoms with Crippen molar-refractivity contribution in [3.8, 4) is 17.5 Å². The van der Waals surface area contributed by atoms with Crippen LogP contribution in [0.15, 0.2) is 33.5 Å². The first-order chi connectivity index (χ1) is 9.99. The third-order valence-corrected chi connectivity index (χ3v) is 2.47. The Bertz CT molecular complexity index is 742. The van der Waals surface area contributed by atoms with E-state index in [0.717, 1.165) is 4.68 Å². The number of rotatable bonds is 4. The number of nitrogens with zero attached hydrogens (tertiary/aromatic N) is 3. The highest BCUT2D eigenvalue weighted by Gasteiger charge is 2.15. The molecule has 1 aromatic carbocycles. The molecule has 0 aliphatic rings. The Morgan fingerprint density at radius 3 is 2.81 bits per heavy atom. The van der Waals surface area contributed by atoms with E-state index in [-0.39, 0.29) is 5.89 Å². The Labute approximate surface area is 118 Å². The van der Waals surface area contributed by atoms with Gasteiger partial charge in [-0.2, -0.15) is 9.94 Å². The van der Waals surface area contributed by atoms with E-state index in [9.17, 15) is 14.0 Å². The van der Waals surface area contributed by atoms with Gasteiger partial charge in [-0.3, -0.25) is 0 Å². The quantitative estimate of drug-likeness (QED) is 0.782. The Morgan fingerprint density at radius 2 is 2.19 bits per heavy atom. The van der Waals surface area contributed by atoms with E-state index < -0.39 is 30.2 Å². The summed E-state index contributed by atoms with van der Waals surface area (Å²) < 4.78 is 23.1. The number of hydrogen-bond acceptors (Lipinski definition) is 6. The van der Waals surface area contributed by atoms with Gasteiger partial charge < -0.3 is 9.15 Å². The number of aromatic nitrogens is 2. The lowest BCUT2D eigenvalue weighted by molar-refractivity contribution is -0.146. The van der Waals surface area contributed by atoms with Crippen LogP contribution in [-0.2, 0) is 16.1 Å². The van der Waals surface area contributed by atoms with Crippen molar-refractivity contribution in [1.82, 2.24) is 9.78 Å². The highest BCUT2D eigenvalue weighted by molar-refractivity contribution is 5.69. The summed E-state index contributed by atoms with van der Waals surface area (Å²) in [5, 5.41) is 12.3. The van der Waals surface area contributed by atoms with Gasteiger partial charge in [0.05, 0.1) is 0 Å². The molecule has 1 unspecified atom stereocenters. The Hall–Kier alpha value is -2.95. The van der Waals surface area contributed by atoms with E-state index in [1.54, 1.807) is 6.07 Å². The number of nitriles is 1. The normalized spacial score (nSPS) is 11.7. The highest BCUT2D eigenvalue weighted by atomic mass is 19.1. The molecule has 2 rings (SSSR count). The molecule has 108 valence electrons. The number of benzene rings is 1. The van der Waals surface area contributed by atoms with Crippen LogP contribution in [0.5, 0.6) is 0 Å². The van der Waals surface area contributed by atoms with Gasteiger partial charge in [-0.1, -0.05) is 0 Å². The van der Waals surface area contributed by atoms with Gasteiger partial charge in [-0.05, 0) is 31.2 Å². The van der Waals surface area contributed by atoms with E-state index >= 15 is 0 Å². The largest absolute Gasteiger partial charge is 0.446 e. The highest BCUT2D eigenvalue weighted by Crippen LogP contribution is 2.15. The second kappa shape index (κ2) is 6.00. The van der Waals surface area contributed by atoms with Crippen molar-refractivity contribution in [1.29, 1.82) is 5.26 Å². The average Bonchev–Trinajstić information content (AvgIpc) is 2.80. The topological polar surface area (TPSA) is 98.1 Å². The van der Waals surface area contributed by atoms with Crippen LogP contribution >= 0.6 is 0 Å². The molecule has 2 aromatic rings. The molecule has 0 spiro atoms. The van der Waals surface area contributed by atoms with Gasteiger partial charge in [0.15, 0.2) is 6.10 Å². The Morgan fingerprint density at radius 1 is 1.52 bits per heavy atom. The molecule has 0 fully saturated rings. The van der Waals surface area contributed by atoms with Gasteiger partial charge in [0, 0.05) is 5.56 Å². The van der Waals surface area contributed by atoms with Crippen LogP contribution in [0.25, 0.3) is 11.5 Å². The van der Waals surface area contributed by atoms with Crippen LogP contribution in [0.3, 0.4) is 0 Å². The van der Waals surface area contributed by atoms with E-state index in [2.05, 4.69) is 5.10 Å². The summed E-state index contributed by atoms with van der Waals surface area (Å²) in [7, 11) is 0. The van der Waals surface area contributed by atoms with Gasteiger partial charge in [-0.25, -0.2) is 14.0 Å². The summed E-state index contributed by atoms with van der Waals surface area (Å²) in [5.74, 6) is -2.11. The summed E-state index contributed by atoms with van der Waals surface area (Å²) in [6.45, 7) is 0.920. The van der Waals surface area contributed by atoms with Gasteiger partial charge in [0.1, 0.15) is 18.4 Å². The fourth-order valence-corrected chi connectivity index (χ4v) is 1.50. The molecule has 0 aliphatic carbocycles. The number of ether oxygens (including phenoxy) is 1. The maximum absolute atomic E-state index is 12.8. The zero-order chi connectivity index (χ0) is 15.4. The molecule has 0 bridgehead atoms. The molecule has 0 radical (unpaired) electrons. The molecule has 1 aromatic heterocycles. The third-order valence-electron chi connectivity index (χ3n) is 2.47. The second-order valence-electron chi connectivity index (χ2n) is 4.10. The zero-order valence-corrected chi connectivity index (χ0v) is 10.9. The van der Waals surface area contributed by atoms with E-state index in [1.807, 2.05) is 0 Å². The van der Waals surface area contributed by atoms with Gasteiger partial charge in [-0.15, -0.1) is 5.10 Å². The SMILES string of the molecule is CC(C#N)OC(=O)Cn1nc(-c2ccc(F)cc2)oc1=O. The first-order valence-electron chi connectivity index (χ1n) is 5.92. The van der Waals surface area contributed by atoms with Gasteiger partial charge in [0.2, 0.25) is 5.89 Å². The maximum atomic E-state index is 12.8. The lowest BCUT2D eigenvalue weighted by Crippen LogP contribution is -2.25. The minimum atomic E-state index is -0.920. The lowest BCUT2D eigenvalue weighted by atomic mass is 10.2. The summed E-state index contributed by atoms with van der Waals surface area (Å²) in [5.41, 5.74) is 0.394. The van der Waals surface area contributed by atoms with Crippen molar-refractivity contribution in [3.63, 3.8) is 0 Å². The molecule has 0 aliphatic heterocycles. The van der Waals surface area contributed by atoms with Crippen molar-refractivity contribution in [2.24, 2.45) is 0 Å². The van der Waals surface area contributed by atoms with Crippen molar-refractivity contribution >= 4 is 5.97 Å². The standard InChI is InChI=1S/C13H10FN3O4/c1-8(6-15)20-11(18)7-17-13(19)21-12(16-17)9-2-4-10(14)5-3-9/h2-5,8H,7H2,1H3. The van der Waals surface area contributed by atoms with Gasteiger partial charge in [0.25, 0.3) is 0 Å². The van der Waals surface area contributed by atoms with Crippen molar-refractivity contribution in [3.05, 3.63) is 40.6 Å². The van der Waals surface area contributed by atoms with Crippen molar-refractivity contribution < 1.29 is 18.3 Å². The molecule has 7 nitrogen and oxygen atoms in total. The molecule has 8 heteroatoms. The Balaban J connectivity index is 2.16. The monoisotopic (exact) mass is 291 g/mol. The minimum absolute atomic E-state index is 0.0406. The number of esters is 1. The van der Waals surface area contributed by atoms with Crippen LogP contribution in [0.4, 0.5) is 4.39 Å². The van der Waals surface area contributed by atoms with Crippen molar-refractivity contribution in [2.75, 3.05) is 0 Å². The van der Waals surface area contributed by atoms with E-state index in [4.69, 9.17) is 14.4 Å². The van der Waals surface area contributed by atoms with Crippen LogP contribution in [0, 0.1) is 17.1 Å². The predicted octanol–water partition coefficient (Wildman–Crippen LogP) is 1.10. The molecule has 0 N–H and O–H groups in total. The molecule has 0 amide bonds. The third kappa shape index (κ3) is 3.54. The molecular formula is C13H10FN3O4.